The summed E-state index contributed by atoms with van der Waals surface area (Å²) in [6.07, 6.45) is 13.0. The predicted octanol–water partition coefficient (Wildman–Crippen LogP) is 4.30. The van der Waals surface area contributed by atoms with Crippen molar-refractivity contribution in [2.45, 2.75) is 65.5 Å². The van der Waals surface area contributed by atoms with Crippen molar-refractivity contribution in [3.05, 3.63) is 0 Å². The van der Waals surface area contributed by atoms with Crippen LogP contribution in [0, 0.1) is 17.8 Å². The summed E-state index contributed by atoms with van der Waals surface area (Å²) in [4.78, 5) is 0. The average molecular weight is 401 g/mol. The quantitative estimate of drug-likeness (QED) is 0.487. The van der Waals surface area contributed by atoms with Crippen molar-refractivity contribution in [1.29, 1.82) is 0 Å². The van der Waals surface area contributed by atoms with Crippen molar-refractivity contribution in [1.82, 2.24) is 0 Å². The van der Waals surface area contributed by atoms with Crippen molar-refractivity contribution in [3.63, 3.8) is 0 Å². The monoisotopic (exact) mass is 401 g/mol. The molecule has 4 aliphatic carbocycles. The Morgan fingerprint density at radius 1 is 1.00 bits per heavy atom. The Morgan fingerprint density at radius 2 is 1.53 bits per heavy atom. The minimum absolute atomic E-state index is 0.127. The fraction of sp³-hybridized carbons (Fsp3) is 1.00. The molecule has 0 atom stereocenters. The van der Waals surface area contributed by atoms with Gasteiger partial charge in [0.25, 0.3) is 0 Å². The van der Waals surface area contributed by atoms with Gasteiger partial charge in [0.05, 0.1) is 0 Å². The van der Waals surface area contributed by atoms with Gasteiger partial charge < -0.3 is 0 Å². The van der Waals surface area contributed by atoms with Crippen LogP contribution in [0.25, 0.3) is 0 Å². The van der Waals surface area contributed by atoms with Gasteiger partial charge in [-0.05, 0) is 0 Å². The average Bonchev–Trinajstić information content (AvgIpc) is 2.15. The third-order valence-electron chi connectivity index (χ3n) is 4.96. The van der Waals surface area contributed by atoms with E-state index in [2.05, 4.69) is 6.92 Å². The number of unbranched alkanes of at least 4 members (excludes halogenated alkanes) is 1. The second kappa shape index (κ2) is 4.28. The molecule has 0 unspecified atom stereocenters. The zero-order chi connectivity index (χ0) is 10.3. The van der Waals surface area contributed by atoms with Gasteiger partial charge in [0.1, 0.15) is 0 Å². The van der Waals surface area contributed by atoms with Gasteiger partial charge in [0, 0.05) is 0 Å². The van der Waals surface area contributed by atoms with Crippen LogP contribution < -0.4 is 0 Å². The Bertz CT molecular complexity index is 198. The first-order chi connectivity index (χ1) is 7.30. The SMILES string of the molecule is CCC[CH2][Bi][C]12CC3CC(CC(C3)C1)C2. The summed E-state index contributed by atoms with van der Waals surface area (Å²) in [5.74, 6) is 3.59. The summed E-state index contributed by atoms with van der Waals surface area (Å²) >= 11 is -0.127. The van der Waals surface area contributed by atoms with Crippen LogP contribution in [0.5, 0.6) is 0 Å². The van der Waals surface area contributed by atoms with Gasteiger partial charge in [-0.15, -0.1) is 0 Å². The molecule has 0 spiro atoms. The van der Waals surface area contributed by atoms with Gasteiger partial charge in [0.2, 0.25) is 0 Å². The van der Waals surface area contributed by atoms with E-state index in [9.17, 15) is 0 Å². The van der Waals surface area contributed by atoms with Crippen molar-refractivity contribution in [2.24, 2.45) is 17.8 Å². The van der Waals surface area contributed by atoms with E-state index in [4.69, 9.17) is 0 Å². The zero-order valence-corrected chi connectivity index (χ0v) is 13.5. The van der Waals surface area contributed by atoms with Gasteiger partial charge in [-0.2, -0.15) is 0 Å². The fourth-order valence-corrected chi connectivity index (χ4v) is 12.9. The summed E-state index contributed by atoms with van der Waals surface area (Å²) in [6.45, 7) is 2.36. The van der Waals surface area contributed by atoms with E-state index in [0.717, 1.165) is 3.12 Å². The normalized spacial score (nSPS) is 47.4. The van der Waals surface area contributed by atoms with Crippen LogP contribution in [0.1, 0.15) is 58.3 Å². The molecule has 4 saturated carbocycles. The molecule has 0 heterocycles. The molecule has 0 saturated heterocycles. The van der Waals surface area contributed by atoms with Gasteiger partial charge in [-0.1, -0.05) is 0 Å². The first-order valence-corrected chi connectivity index (χ1v) is 11.2. The molecule has 1 heteroatoms. The number of hydrogen-bond acceptors (Lipinski definition) is 0. The van der Waals surface area contributed by atoms with Crippen LogP contribution >= 0.6 is 0 Å². The van der Waals surface area contributed by atoms with Crippen molar-refractivity contribution in [3.8, 4) is 0 Å². The Labute approximate surface area is 106 Å². The molecule has 15 heavy (non-hydrogen) atoms. The third-order valence-corrected chi connectivity index (χ3v) is 11.8. The molecule has 0 nitrogen and oxygen atoms in total. The van der Waals surface area contributed by atoms with Crippen LogP contribution in [0.3, 0.4) is 0 Å². The Hall–Kier alpha value is 0.883. The minimum atomic E-state index is -0.127. The molecule has 85 valence electrons. The van der Waals surface area contributed by atoms with Gasteiger partial charge in [0.15, 0.2) is 0 Å². The van der Waals surface area contributed by atoms with Gasteiger partial charge >= 0.3 is 107 Å². The summed E-state index contributed by atoms with van der Waals surface area (Å²) < 4.78 is 2.73. The Kier molecular flexibility index (Phi) is 3.14. The summed E-state index contributed by atoms with van der Waals surface area (Å²) in [6, 6.07) is 0. The first kappa shape index (κ1) is 11.0. The fourth-order valence-electron chi connectivity index (χ4n) is 4.73. The molecule has 0 aromatic rings. The van der Waals surface area contributed by atoms with Crippen LogP contribution in [0.4, 0.5) is 0 Å². The molecule has 4 fully saturated rings. The maximum atomic E-state index is 2.36. The molecule has 4 aliphatic rings. The Balaban J connectivity index is 1.65. The molecule has 0 N–H and O–H groups in total. The number of rotatable bonds is 4. The predicted molar refractivity (Wildman–Crippen MR) is 66.3 cm³/mol. The van der Waals surface area contributed by atoms with Crippen LogP contribution in [0.2, 0.25) is 7.25 Å². The van der Waals surface area contributed by atoms with E-state index in [-0.39, 0.29) is 23.2 Å². The molecule has 0 amide bonds. The number of hydrogen-bond donors (Lipinski definition) is 0. The van der Waals surface area contributed by atoms with Gasteiger partial charge in [-0.3, -0.25) is 0 Å². The van der Waals surface area contributed by atoms with E-state index < -0.39 is 0 Å². The molecule has 0 aromatic heterocycles. The van der Waals surface area contributed by atoms with Crippen molar-refractivity contribution < 1.29 is 0 Å². The molecular formula is C14H24Bi. The van der Waals surface area contributed by atoms with E-state index in [1.54, 1.807) is 49.1 Å². The van der Waals surface area contributed by atoms with Crippen LogP contribution in [-0.4, -0.2) is 23.2 Å². The van der Waals surface area contributed by atoms with E-state index in [0.29, 0.717) is 0 Å². The first-order valence-electron chi connectivity index (χ1n) is 6.98. The summed E-state index contributed by atoms with van der Waals surface area (Å²) in [5.41, 5.74) is 0. The van der Waals surface area contributed by atoms with E-state index in [1.165, 1.54) is 24.2 Å². The van der Waals surface area contributed by atoms with Crippen LogP contribution in [0.15, 0.2) is 0 Å². The maximum absolute atomic E-state index is 2.36. The topological polar surface area (TPSA) is 0 Å². The standard InChI is InChI=1S/C10H15.C4H9.Bi/c1-7-2-9-4-8(1)5-10(3-7)6-9;1-3-4-2;/h7-9H,1-6H2;1,3-4H2,2H3;. The van der Waals surface area contributed by atoms with Gasteiger partial charge in [-0.25, -0.2) is 0 Å². The summed E-state index contributed by atoms with van der Waals surface area (Å²) in [7, 11) is 0. The second-order valence-electron chi connectivity index (χ2n) is 6.38. The molecule has 0 aliphatic heterocycles. The van der Waals surface area contributed by atoms with Crippen LogP contribution in [-0.2, 0) is 0 Å². The Morgan fingerprint density at radius 3 is 2.00 bits per heavy atom. The molecule has 1 radical (unpaired) electrons. The zero-order valence-electron chi connectivity index (χ0n) is 10.0. The summed E-state index contributed by atoms with van der Waals surface area (Å²) in [5, 5.41) is 0. The van der Waals surface area contributed by atoms with Crippen molar-refractivity contribution in [2.75, 3.05) is 0 Å². The second-order valence-corrected chi connectivity index (χ2v) is 13.0. The van der Waals surface area contributed by atoms with E-state index in [1.807, 2.05) is 0 Å². The van der Waals surface area contributed by atoms with Crippen molar-refractivity contribution >= 4 is 23.2 Å². The molecule has 4 bridgehead atoms. The molecular weight excluding hydrogens is 377 g/mol. The molecule has 0 aromatic carbocycles. The third kappa shape index (κ3) is 2.15. The van der Waals surface area contributed by atoms with E-state index >= 15 is 0 Å². The molecule has 4 rings (SSSR count).